The first kappa shape index (κ1) is 13.4. The van der Waals surface area contributed by atoms with E-state index in [1.165, 1.54) is 19.2 Å². The van der Waals surface area contributed by atoms with Gasteiger partial charge in [-0.25, -0.2) is 4.39 Å². The molecular weight excluding hydrogens is 227 g/mol. The fourth-order valence-electron chi connectivity index (χ4n) is 1.28. The quantitative estimate of drug-likeness (QED) is 0.641. The van der Waals surface area contributed by atoms with Gasteiger partial charge in [0.05, 0.1) is 18.3 Å². The van der Waals surface area contributed by atoms with Crippen molar-refractivity contribution in [2.45, 2.75) is 6.10 Å². The molecule has 1 unspecified atom stereocenters. The Morgan fingerprint density at radius 3 is 3.00 bits per heavy atom. The van der Waals surface area contributed by atoms with E-state index < -0.39 is 17.8 Å². The Balaban J connectivity index is 2.61. The molecule has 4 N–H and O–H groups in total. The lowest BCUT2D eigenvalue weighted by Crippen LogP contribution is -2.34. The number of hydrogen-bond acceptors (Lipinski definition) is 4. The fraction of sp³-hybridized carbons (Fsp3) is 0.364. The summed E-state index contributed by atoms with van der Waals surface area (Å²) in [6.07, 6.45) is -0.807. The van der Waals surface area contributed by atoms with E-state index >= 15 is 0 Å². The molecule has 0 aliphatic heterocycles. The van der Waals surface area contributed by atoms with Crippen LogP contribution in [0.25, 0.3) is 0 Å². The minimum Gasteiger partial charge on any atom is -0.398 e. The number of aliphatic hydroxyl groups is 1. The number of nitrogen functional groups attached to an aromatic ring is 1. The van der Waals surface area contributed by atoms with Gasteiger partial charge in [0.2, 0.25) is 0 Å². The van der Waals surface area contributed by atoms with Crippen molar-refractivity contribution < 1.29 is 19.0 Å². The second-order valence-corrected chi connectivity index (χ2v) is 3.55. The molecule has 0 aromatic heterocycles. The first-order valence-corrected chi connectivity index (χ1v) is 5.04. The van der Waals surface area contributed by atoms with Gasteiger partial charge in [-0.3, -0.25) is 4.79 Å². The minimum atomic E-state index is -0.807. The molecule has 0 heterocycles. The van der Waals surface area contributed by atoms with E-state index in [9.17, 15) is 14.3 Å². The van der Waals surface area contributed by atoms with E-state index in [4.69, 9.17) is 10.5 Å². The van der Waals surface area contributed by atoms with Crippen LogP contribution in [0.2, 0.25) is 0 Å². The number of hydrogen-bond donors (Lipinski definition) is 3. The molecule has 0 saturated heterocycles. The Bertz CT molecular complexity index is 398. The van der Waals surface area contributed by atoms with Crippen molar-refractivity contribution in [3.05, 3.63) is 29.6 Å². The summed E-state index contributed by atoms with van der Waals surface area (Å²) in [5, 5.41) is 11.8. The fourth-order valence-corrected chi connectivity index (χ4v) is 1.28. The molecule has 1 aromatic rings. The summed E-state index contributed by atoms with van der Waals surface area (Å²) in [5.41, 5.74) is 5.78. The lowest BCUT2D eigenvalue weighted by molar-refractivity contribution is 0.0610. The van der Waals surface area contributed by atoms with E-state index in [0.29, 0.717) is 0 Å². The zero-order valence-corrected chi connectivity index (χ0v) is 9.44. The standard InChI is InChI=1S/C11H15FN2O3/c1-17-6-8(15)5-14-11(16)9-4-7(12)2-3-10(9)13/h2-4,8,15H,5-6,13H2,1H3,(H,14,16). The topological polar surface area (TPSA) is 84.6 Å². The first-order valence-electron chi connectivity index (χ1n) is 5.04. The lowest BCUT2D eigenvalue weighted by atomic mass is 10.1. The average Bonchev–Trinajstić information content (AvgIpc) is 2.29. The molecule has 0 spiro atoms. The van der Waals surface area contributed by atoms with Crippen molar-refractivity contribution in [1.29, 1.82) is 0 Å². The van der Waals surface area contributed by atoms with Gasteiger partial charge < -0.3 is 20.9 Å². The van der Waals surface area contributed by atoms with Crippen LogP contribution in [0.5, 0.6) is 0 Å². The number of benzene rings is 1. The summed E-state index contributed by atoms with van der Waals surface area (Å²) in [5.74, 6) is -1.07. The molecule has 94 valence electrons. The zero-order chi connectivity index (χ0) is 12.8. The van der Waals surface area contributed by atoms with Crippen molar-refractivity contribution in [2.75, 3.05) is 26.0 Å². The molecule has 0 fully saturated rings. The van der Waals surface area contributed by atoms with Crippen molar-refractivity contribution in [1.82, 2.24) is 5.32 Å². The van der Waals surface area contributed by atoms with E-state index in [1.54, 1.807) is 0 Å². The van der Waals surface area contributed by atoms with E-state index in [-0.39, 0.29) is 24.4 Å². The Labute approximate surface area is 98.4 Å². The van der Waals surface area contributed by atoms with Crippen molar-refractivity contribution in [3.8, 4) is 0 Å². The smallest absolute Gasteiger partial charge is 0.253 e. The van der Waals surface area contributed by atoms with Crippen LogP contribution >= 0.6 is 0 Å². The Kier molecular flexibility index (Phi) is 4.86. The molecule has 1 amide bonds. The highest BCUT2D eigenvalue weighted by Gasteiger charge is 2.12. The number of nitrogens with two attached hydrogens (primary N) is 1. The molecule has 1 atom stereocenters. The maximum absolute atomic E-state index is 12.9. The maximum atomic E-state index is 12.9. The van der Waals surface area contributed by atoms with Gasteiger partial charge in [0.15, 0.2) is 0 Å². The molecular formula is C11H15FN2O3. The molecule has 5 nitrogen and oxygen atoms in total. The molecule has 1 rings (SSSR count). The van der Waals surface area contributed by atoms with Crippen LogP contribution in [0.4, 0.5) is 10.1 Å². The number of amides is 1. The van der Waals surface area contributed by atoms with Crippen molar-refractivity contribution in [3.63, 3.8) is 0 Å². The minimum absolute atomic E-state index is 0.0165. The molecule has 1 aromatic carbocycles. The number of nitrogens with one attached hydrogen (secondary N) is 1. The number of carbonyl (C=O) groups is 1. The van der Waals surface area contributed by atoms with Gasteiger partial charge in [-0.1, -0.05) is 0 Å². The van der Waals surface area contributed by atoms with Gasteiger partial charge in [-0.2, -0.15) is 0 Å². The van der Waals surface area contributed by atoms with E-state index in [2.05, 4.69) is 5.32 Å². The van der Waals surface area contributed by atoms with Crippen LogP contribution in [-0.4, -0.2) is 37.4 Å². The Morgan fingerprint density at radius 1 is 1.65 bits per heavy atom. The highest BCUT2D eigenvalue weighted by atomic mass is 19.1. The molecule has 0 bridgehead atoms. The Hall–Kier alpha value is -1.66. The third-order valence-electron chi connectivity index (χ3n) is 2.12. The highest BCUT2D eigenvalue weighted by Crippen LogP contribution is 2.12. The zero-order valence-electron chi connectivity index (χ0n) is 9.44. The van der Waals surface area contributed by atoms with Gasteiger partial charge in [0, 0.05) is 19.3 Å². The van der Waals surface area contributed by atoms with Gasteiger partial charge in [0.1, 0.15) is 5.82 Å². The number of ether oxygens (including phenoxy) is 1. The summed E-state index contributed by atoms with van der Waals surface area (Å²) in [4.78, 5) is 11.6. The number of anilines is 1. The Morgan fingerprint density at radius 2 is 2.35 bits per heavy atom. The first-order chi connectivity index (χ1) is 8.04. The monoisotopic (exact) mass is 242 g/mol. The molecule has 17 heavy (non-hydrogen) atoms. The molecule has 0 saturated carbocycles. The number of aliphatic hydroxyl groups excluding tert-OH is 1. The van der Waals surface area contributed by atoms with Crippen LogP contribution < -0.4 is 11.1 Å². The van der Waals surface area contributed by atoms with Crippen LogP contribution in [0.1, 0.15) is 10.4 Å². The van der Waals surface area contributed by atoms with Gasteiger partial charge >= 0.3 is 0 Å². The van der Waals surface area contributed by atoms with Gasteiger partial charge in [-0.05, 0) is 18.2 Å². The second kappa shape index (κ2) is 6.17. The summed E-state index contributed by atoms with van der Waals surface area (Å²) in [7, 11) is 1.44. The SMILES string of the molecule is COCC(O)CNC(=O)c1cc(F)ccc1N. The summed E-state index contributed by atoms with van der Waals surface area (Å²) in [6.45, 7) is 0.127. The normalized spacial score (nSPS) is 12.2. The van der Waals surface area contributed by atoms with Crippen LogP contribution in [-0.2, 0) is 4.74 Å². The summed E-state index contributed by atoms with van der Waals surface area (Å²) >= 11 is 0. The second-order valence-electron chi connectivity index (χ2n) is 3.55. The summed E-state index contributed by atoms with van der Waals surface area (Å²) in [6, 6.07) is 3.54. The molecule has 0 aliphatic rings. The van der Waals surface area contributed by atoms with E-state index in [1.807, 2.05) is 0 Å². The largest absolute Gasteiger partial charge is 0.398 e. The van der Waals surface area contributed by atoms with Crippen LogP contribution in [0.15, 0.2) is 18.2 Å². The average molecular weight is 242 g/mol. The number of carbonyl (C=O) groups excluding carboxylic acids is 1. The van der Waals surface area contributed by atoms with Crippen LogP contribution in [0.3, 0.4) is 0 Å². The number of rotatable bonds is 5. The number of methoxy groups -OCH3 is 1. The van der Waals surface area contributed by atoms with Gasteiger partial charge in [0.25, 0.3) is 5.91 Å². The third kappa shape index (κ3) is 4.01. The van der Waals surface area contributed by atoms with Crippen molar-refractivity contribution in [2.24, 2.45) is 0 Å². The molecule has 6 heteroatoms. The van der Waals surface area contributed by atoms with Crippen LogP contribution in [0, 0.1) is 5.82 Å². The summed E-state index contributed by atoms with van der Waals surface area (Å²) < 4.78 is 17.6. The third-order valence-corrected chi connectivity index (χ3v) is 2.12. The predicted octanol–water partition coefficient (Wildman–Crippen LogP) is 0.145. The molecule has 0 radical (unpaired) electrons. The molecule has 0 aliphatic carbocycles. The number of halogens is 1. The van der Waals surface area contributed by atoms with Gasteiger partial charge in [-0.15, -0.1) is 0 Å². The van der Waals surface area contributed by atoms with E-state index in [0.717, 1.165) is 6.07 Å². The van der Waals surface area contributed by atoms with Crippen molar-refractivity contribution >= 4 is 11.6 Å². The predicted molar refractivity (Wildman–Crippen MR) is 61.0 cm³/mol. The lowest BCUT2D eigenvalue weighted by Gasteiger charge is -2.11. The maximum Gasteiger partial charge on any atom is 0.253 e. The highest BCUT2D eigenvalue weighted by molar-refractivity contribution is 5.99.